The third-order valence-corrected chi connectivity index (χ3v) is 3.59. The van der Waals surface area contributed by atoms with Gasteiger partial charge in [0.15, 0.2) is 0 Å². The minimum absolute atomic E-state index is 0.0899. The van der Waals surface area contributed by atoms with Crippen LogP contribution >= 0.6 is 23.2 Å². The molecule has 0 aliphatic carbocycles. The van der Waals surface area contributed by atoms with Crippen LogP contribution in [0.3, 0.4) is 0 Å². The third kappa shape index (κ3) is 3.63. The zero-order valence-electron chi connectivity index (χ0n) is 10.5. The van der Waals surface area contributed by atoms with Crippen LogP contribution in [0, 0.1) is 0 Å². The van der Waals surface area contributed by atoms with Crippen LogP contribution in [-0.2, 0) is 6.54 Å². The Morgan fingerprint density at radius 2 is 1.89 bits per heavy atom. The van der Waals surface area contributed by atoms with Crippen molar-refractivity contribution in [1.82, 2.24) is 5.32 Å². The topological polar surface area (TPSA) is 32.3 Å². The molecular weight excluding hydrogens is 281 g/mol. The molecule has 0 saturated carbocycles. The van der Waals surface area contributed by atoms with Gasteiger partial charge >= 0.3 is 0 Å². The summed E-state index contributed by atoms with van der Waals surface area (Å²) in [4.78, 5) is 0. The molecule has 2 nitrogen and oxygen atoms in total. The average Bonchev–Trinajstić information content (AvgIpc) is 2.40. The zero-order chi connectivity index (χ0) is 13.8. The fraction of sp³-hybridized carbons (Fsp3) is 0.200. The molecular formula is C15H15Cl2NO. The molecule has 2 rings (SSSR count). The minimum Gasteiger partial charge on any atom is -0.508 e. The minimum atomic E-state index is 0.0899. The highest BCUT2D eigenvalue weighted by atomic mass is 35.5. The highest BCUT2D eigenvalue weighted by Gasteiger charge is 2.09. The molecule has 19 heavy (non-hydrogen) atoms. The molecule has 100 valence electrons. The molecule has 0 fully saturated rings. The van der Waals surface area contributed by atoms with Crippen LogP contribution in [0.2, 0.25) is 10.0 Å². The summed E-state index contributed by atoms with van der Waals surface area (Å²) in [6.07, 6.45) is 0. The molecule has 1 unspecified atom stereocenters. The van der Waals surface area contributed by atoms with Crippen LogP contribution in [0.5, 0.6) is 5.75 Å². The van der Waals surface area contributed by atoms with Gasteiger partial charge in [-0.2, -0.15) is 0 Å². The largest absolute Gasteiger partial charge is 0.508 e. The van der Waals surface area contributed by atoms with E-state index in [1.165, 1.54) is 0 Å². The standard InChI is InChI=1S/C15H15Cl2NO/c1-10(13-4-2-3-5-14(13)17)18-9-11-8-12(16)6-7-15(11)19/h2-8,10,18-19H,9H2,1H3. The van der Waals surface area contributed by atoms with Crippen molar-refractivity contribution in [2.24, 2.45) is 0 Å². The van der Waals surface area contributed by atoms with E-state index in [4.69, 9.17) is 23.2 Å². The Bertz CT molecular complexity index is 572. The number of hydrogen-bond donors (Lipinski definition) is 2. The Kier molecular flexibility index (Phi) is 4.70. The molecule has 0 bridgehead atoms. The van der Waals surface area contributed by atoms with Crippen molar-refractivity contribution in [2.45, 2.75) is 19.5 Å². The summed E-state index contributed by atoms with van der Waals surface area (Å²) >= 11 is 12.1. The molecule has 0 amide bonds. The van der Waals surface area contributed by atoms with Crippen LogP contribution in [0.15, 0.2) is 42.5 Å². The van der Waals surface area contributed by atoms with Crippen LogP contribution in [0.25, 0.3) is 0 Å². The van der Waals surface area contributed by atoms with E-state index < -0.39 is 0 Å². The van der Waals surface area contributed by atoms with E-state index in [-0.39, 0.29) is 11.8 Å². The number of phenols is 1. The monoisotopic (exact) mass is 295 g/mol. The Morgan fingerprint density at radius 1 is 1.16 bits per heavy atom. The summed E-state index contributed by atoms with van der Waals surface area (Å²) in [6, 6.07) is 12.8. The molecule has 0 heterocycles. The molecule has 1 atom stereocenters. The van der Waals surface area contributed by atoms with Crippen LogP contribution in [-0.4, -0.2) is 5.11 Å². The Morgan fingerprint density at radius 3 is 2.63 bits per heavy atom. The van der Waals surface area contributed by atoms with Crippen molar-refractivity contribution < 1.29 is 5.11 Å². The van der Waals surface area contributed by atoms with Crippen molar-refractivity contribution >= 4 is 23.2 Å². The van der Waals surface area contributed by atoms with Gasteiger partial charge in [-0.05, 0) is 36.8 Å². The van der Waals surface area contributed by atoms with Gasteiger partial charge in [0, 0.05) is 28.2 Å². The summed E-state index contributed by atoms with van der Waals surface area (Å²) in [5.74, 6) is 0.239. The highest BCUT2D eigenvalue weighted by molar-refractivity contribution is 6.31. The number of phenolic OH excluding ortho intramolecular Hbond substituents is 1. The normalized spacial score (nSPS) is 12.4. The predicted molar refractivity (Wildman–Crippen MR) is 79.8 cm³/mol. The Labute approximate surface area is 123 Å². The Balaban J connectivity index is 2.06. The number of halogens is 2. The van der Waals surface area contributed by atoms with Crippen LogP contribution in [0.1, 0.15) is 24.1 Å². The van der Waals surface area contributed by atoms with Gasteiger partial charge in [0.1, 0.15) is 5.75 Å². The Hall–Kier alpha value is -1.22. The first-order chi connectivity index (χ1) is 9.08. The lowest BCUT2D eigenvalue weighted by Crippen LogP contribution is -2.18. The first kappa shape index (κ1) is 14.2. The fourth-order valence-corrected chi connectivity index (χ4v) is 2.39. The van der Waals surface area contributed by atoms with Crippen molar-refractivity contribution in [3.05, 3.63) is 63.6 Å². The van der Waals surface area contributed by atoms with Gasteiger partial charge in [0.2, 0.25) is 0 Å². The number of nitrogens with one attached hydrogen (secondary N) is 1. The maximum Gasteiger partial charge on any atom is 0.120 e. The van der Waals surface area contributed by atoms with Crippen LogP contribution in [0.4, 0.5) is 0 Å². The molecule has 0 aliphatic heterocycles. The number of rotatable bonds is 4. The van der Waals surface area contributed by atoms with E-state index in [0.717, 1.165) is 16.1 Å². The maximum atomic E-state index is 9.75. The smallest absolute Gasteiger partial charge is 0.120 e. The van der Waals surface area contributed by atoms with Gasteiger partial charge in [0.25, 0.3) is 0 Å². The van der Waals surface area contributed by atoms with Gasteiger partial charge in [-0.3, -0.25) is 0 Å². The van der Waals surface area contributed by atoms with E-state index >= 15 is 0 Å². The van der Waals surface area contributed by atoms with Crippen molar-refractivity contribution in [3.63, 3.8) is 0 Å². The lowest BCUT2D eigenvalue weighted by Gasteiger charge is -2.16. The number of hydrogen-bond acceptors (Lipinski definition) is 2. The predicted octanol–water partition coefficient (Wildman–Crippen LogP) is 4.55. The molecule has 0 aromatic heterocycles. The first-order valence-corrected chi connectivity index (χ1v) is 6.78. The summed E-state index contributed by atoms with van der Waals surface area (Å²) in [5.41, 5.74) is 1.80. The molecule has 2 aromatic rings. The van der Waals surface area contributed by atoms with Gasteiger partial charge in [0.05, 0.1) is 0 Å². The van der Waals surface area contributed by atoms with Crippen LogP contribution < -0.4 is 5.32 Å². The third-order valence-electron chi connectivity index (χ3n) is 3.01. The number of aromatic hydroxyl groups is 1. The van der Waals surface area contributed by atoms with Crippen molar-refractivity contribution in [1.29, 1.82) is 0 Å². The van der Waals surface area contributed by atoms with Gasteiger partial charge in [-0.1, -0.05) is 41.4 Å². The zero-order valence-corrected chi connectivity index (χ0v) is 12.0. The second-order valence-corrected chi connectivity index (χ2v) is 5.24. The quantitative estimate of drug-likeness (QED) is 0.867. The van der Waals surface area contributed by atoms with E-state index in [0.29, 0.717) is 11.6 Å². The summed E-state index contributed by atoms with van der Waals surface area (Å²) in [7, 11) is 0. The summed E-state index contributed by atoms with van der Waals surface area (Å²) < 4.78 is 0. The van der Waals surface area contributed by atoms with E-state index in [1.807, 2.05) is 31.2 Å². The molecule has 2 N–H and O–H groups in total. The second-order valence-electron chi connectivity index (χ2n) is 4.40. The summed E-state index contributed by atoms with van der Waals surface area (Å²) in [5, 5.41) is 14.4. The number of benzene rings is 2. The molecule has 4 heteroatoms. The van der Waals surface area contributed by atoms with Crippen molar-refractivity contribution in [2.75, 3.05) is 0 Å². The van der Waals surface area contributed by atoms with Gasteiger partial charge in [-0.15, -0.1) is 0 Å². The SMILES string of the molecule is CC(NCc1cc(Cl)ccc1O)c1ccccc1Cl. The van der Waals surface area contributed by atoms with E-state index in [9.17, 15) is 5.11 Å². The maximum absolute atomic E-state index is 9.75. The van der Waals surface area contributed by atoms with Gasteiger partial charge < -0.3 is 10.4 Å². The fourth-order valence-electron chi connectivity index (χ4n) is 1.89. The van der Waals surface area contributed by atoms with Gasteiger partial charge in [-0.25, -0.2) is 0 Å². The first-order valence-electron chi connectivity index (χ1n) is 6.03. The molecule has 2 aromatic carbocycles. The van der Waals surface area contributed by atoms with E-state index in [1.54, 1.807) is 18.2 Å². The second kappa shape index (κ2) is 6.29. The molecule has 0 saturated heterocycles. The van der Waals surface area contributed by atoms with E-state index in [2.05, 4.69) is 5.32 Å². The molecule has 0 radical (unpaired) electrons. The lowest BCUT2D eigenvalue weighted by molar-refractivity contribution is 0.460. The average molecular weight is 296 g/mol. The molecule has 0 spiro atoms. The highest BCUT2D eigenvalue weighted by Crippen LogP contribution is 2.25. The van der Waals surface area contributed by atoms with Crippen molar-refractivity contribution in [3.8, 4) is 5.75 Å². The molecule has 0 aliphatic rings. The summed E-state index contributed by atoms with van der Waals surface area (Å²) in [6.45, 7) is 2.56. The lowest BCUT2D eigenvalue weighted by atomic mass is 10.1.